The molecule has 2 N–H and O–H groups in total. The lowest BCUT2D eigenvalue weighted by atomic mass is 10.2. The first-order chi connectivity index (χ1) is 11.7. The Morgan fingerprint density at radius 2 is 2.00 bits per heavy atom. The van der Waals surface area contributed by atoms with Gasteiger partial charge in [0.2, 0.25) is 5.95 Å². The monoisotopic (exact) mass is 364 g/mol. The minimum atomic E-state index is -3.59. The third-order valence-electron chi connectivity index (χ3n) is 3.83. The van der Waals surface area contributed by atoms with E-state index in [0.29, 0.717) is 16.9 Å². The van der Waals surface area contributed by atoms with Gasteiger partial charge in [-0.1, -0.05) is 0 Å². The number of pyridine rings is 2. The van der Waals surface area contributed by atoms with E-state index < -0.39 is 21.0 Å². The highest BCUT2D eigenvalue weighted by atomic mass is 32.2. The van der Waals surface area contributed by atoms with Gasteiger partial charge in [-0.15, -0.1) is 0 Å². The molecule has 0 saturated carbocycles. The summed E-state index contributed by atoms with van der Waals surface area (Å²) in [6.07, 6.45) is 2.94. The molecule has 0 fully saturated rings. The largest absolute Gasteiger partial charge is 0.495 e. The normalized spacial score (nSPS) is 12.0. The quantitative estimate of drug-likeness (QED) is 0.713. The number of sulfone groups is 1. The molecule has 0 spiro atoms. The smallest absolute Gasteiger partial charge is 0.215 e. The molecule has 3 aromatic heterocycles. The van der Waals surface area contributed by atoms with Gasteiger partial charge in [-0.05, 0) is 19.9 Å². The number of rotatable bonds is 4. The van der Waals surface area contributed by atoms with Gasteiger partial charge >= 0.3 is 0 Å². The Morgan fingerprint density at radius 1 is 1.28 bits per heavy atom. The summed E-state index contributed by atoms with van der Waals surface area (Å²) < 4.78 is 45.6. The van der Waals surface area contributed by atoms with Crippen LogP contribution in [0.1, 0.15) is 13.8 Å². The van der Waals surface area contributed by atoms with Crippen LogP contribution in [-0.2, 0) is 9.84 Å². The summed E-state index contributed by atoms with van der Waals surface area (Å²) in [6.45, 7) is 3.18. The van der Waals surface area contributed by atoms with Crippen molar-refractivity contribution in [2.75, 3.05) is 12.8 Å². The van der Waals surface area contributed by atoms with Gasteiger partial charge in [0.1, 0.15) is 22.1 Å². The maximum Gasteiger partial charge on any atom is 0.215 e. The summed E-state index contributed by atoms with van der Waals surface area (Å²) >= 11 is 0. The summed E-state index contributed by atoms with van der Waals surface area (Å²) in [6, 6.07) is 4.23. The first-order valence-electron chi connectivity index (χ1n) is 7.46. The van der Waals surface area contributed by atoms with Crippen molar-refractivity contribution >= 4 is 21.3 Å². The molecule has 0 aliphatic heterocycles. The molecule has 0 atom stereocenters. The van der Waals surface area contributed by atoms with E-state index in [9.17, 15) is 12.8 Å². The second-order valence-electron chi connectivity index (χ2n) is 5.77. The molecule has 0 bridgehead atoms. The van der Waals surface area contributed by atoms with Crippen LogP contribution >= 0.6 is 0 Å². The van der Waals surface area contributed by atoms with E-state index in [0.717, 1.165) is 0 Å². The van der Waals surface area contributed by atoms with Crippen LogP contribution in [0.3, 0.4) is 0 Å². The van der Waals surface area contributed by atoms with Crippen LogP contribution in [0.5, 0.6) is 5.75 Å². The van der Waals surface area contributed by atoms with Crippen molar-refractivity contribution in [3.8, 4) is 17.0 Å². The number of ether oxygens (including phenoxy) is 1. The van der Waals surface area contributed by atoms with Crippen molar-refractivity contribution < 1.29 is 17.5 Å². The van der Waals surface area contributed by atoms with Crippen molar-refractivity contribution in [3.05, 3.63) is 36.5 Å². The summed E-state index contributed by atoms with van der Waals surface area (Å²) in [4.78, 5) is 7.77. The molecule has 7 nitrogen and oxygen atoms in total. The molecule has 0 saturated heterocycles. The van der Waals surface area contributed by atoms with E-state index in [1.165, 1.54) is 37.7 Å². The van der Waals surface area contributed by atoms with Crippen molar-refractivity contribution in [2.45, 2.75) is 24.0 Å². The minimum Gasteiger partial charge on any atom is -0.495 e. The zero-order valence-electron chi connectivity index (χ0n) is 13.9. The number of nitrogens with zero attached hydrogens (tertiary/aromatic N) is 3. The van der Waals surface area contributed by atoms with Crippen molar-refractivity contribution in [1.29, 1.82) is 0 Å². The molecule has 0 amide bonds. The number of hydrogen-bond donors (Lipinski definition) is 1. The predicted molar refractivity (Wildman–Crippen MR) is 91.7 cm³/mol. The molecular weight excluding hydrogens is 347 g/mol. The average Bonchev–Trinajstić information content (AvgIpc) is 2.95. The number of hydrogen-bond acceptors (Lipinski definition) is 6. The topological polar surface area (TPSA) is 99.6 Å². The van der Waals surface area contributed by atoms with Gasteiger partial charge in [0, 0.05) is 23.9 Å². The van der Waals surface area contributed by atoms with Crippen LogP contribution in [0.2, 0.25) is 0 Å². The Labute approximate surface area is 144 Å². The minimum absolute atomic E-state index is 0.0217. The van der Waals surface area contributed by atoms with Crippen LogP contribution in [-0.4, -0.2) is 35.1 Å². The Hall–Kier alpha value is -2.68. The number of nitrogens with two attached hydrogens (primary N) is 1. The lowest BCUT2D eigenvalue weighted by Gasteiger charge is -2.13. The van der Waals surface area contributed by atoms with E-state index in [-0.39, 0.29) is 16.5 Å². The number of halogens is 1. The average molecular weight is 364 g/mol. The van der Waals surface area contributed by atoms with Crippen molar-refractivity contribution in [1.82, 2.24) is 14.4 Å². The molecule has 0 radical (unpaired) electrons. The van der Waals surface area contributed by atoms with Gasteiger partial charge in [0.05, 0.1) is 24.3 Å². The van der Waals surface area contributed by atoms with Gasteiger partial charge in [0.25, 0.3) is 0 Å². The molecule has 3 rings (SSSR count). The lowest BCUT2D eigenvalue weighted by Crippen LogP contribution is -2.16. The highest BCUT2D eigenvalue weighted by Crippen LogP contribution is 2.31. The number of aromatic nitrogens is 3. The van der Waals surface area contributed by atoms with E-state index >= 15 is 0 Å². The van der Waals surface area contributed by atoms with Crippen LogP contribution in [0.4, 0.5) is 10.2 Å². The second-order valence-corrected chi connectivity index (χ2v) is 8.25. The molecule has 3 aromatic rings. The SMILES string of the molecule is COc1cc2ncc(-c3cc(N)nc(F)c3)n2cc1S(=O)(=O)C(C)C. The second kappa shape index (κ2) is 5.99. The maximum absolute atomic E-state index is 13.6. The van der Waals surface area contributed by atoms with Crippen LogP contribution in [0.15, 0.2) is 35.5 Å². The van der Waals surface area contributed by atoms with Crippen LogP contribution in [0.25, 0.3) is 16.9 Å². The van der Waals surface area contributed by atoms with Gasteiger partial charge in [-0.3, -0.25) is 4.40 Å². The molecular formula is C16H17FN4O3S. The third-order valence-corrected chi connectivity index (χ3v) is 5.99. The predicted octanol–water partition coefficient (Wildman–Crippen LogP) is 2.31. The number of anilines is 1. The first-order valence-corrected chi connectivity index (χ1v) is 9.01. The molecule has 132 valence electrons. The van der Waals surface area contributed by atoms with Crippen molar-refractivity contribution in [3.63, 3.8) is 0 Å². The summed E-state index contributed by atoms with van der Waals surface area (Å²) in [5.74, 6) is -0.499. The number of fused-ring (bicyclic) bond motifs is 1. The molecule has 0 aromatic carbocycles. The van der Waals surface area contributed by atoms with E-state index in [1.807, 2.05) is 0 Å². The summed E-state index contributed by atoms with van der Waals surface area (Å²) in [7, 11) is -2.19. The van der Waals surface area contributed by atoms with E-state index in [1.54, 1.807) is 18.2 Å². The van der Waals surface area contributed by atoms with Gasteiger partial charge in [-0.2, -0.15) is 4.39 Å². The Kier molecular flexibility index (Phi) is 4.11. The Bertz CT molecular complexity index is 1040. The van der Waals surface area contributed by atoms with Gasteiger partial charge < -0.3 is 10.5 Å². The van der Waals surface area contributed by atoms with Gasteiger partial charge in [-0.25, -0.2) is 18.4 Å². The summed E-state index contributed by atoms with van der Waals surface area (Å²) in [5.41, 5.74) is 6.99. The molecule has 25 heavy (non-hydrogen) atoms. The highest BCUT2D eigenvalue weighted by Gasteiger charge is 2.25. The van der Waals surface area contributed by atoms with E-state index in [4.69, 9.17) is 10.5 Å². The molecule has 9 heteroatoms. The molecule has 0 aliphatic rings. The van der Waals surface area contributed by atoms with Crippen LogP contribution in [0, 0.1) is 5.95 Å². The fraction of sp³-hybridized carbons (Fsp3) is 0.250. The molecule has 3 heterocycles. The third kappa shape index (κ3) is 2.91. The van der Waals surface area contributed by atoms with Crippen LogP contribution < -0.4 is 10.5 Å². The van der Waals surface area contributed by atoms with Crippen molar-refractivity contribution in [2.24, 2.45) is 0 Å². The fourth-order valence-electron chi connectivity index (χ4n) is 2.49. The standard InChI is InChI=1S/C16H17FN4O3S/c1-9(2)25(22,23)13-8-21-11(7-19-16(21)6-12(13)24-3)10-4-14(17)20-15(18)5-10/h4-9H,1-3H3,(H2,18,20). The number of methoxy groups -OCH3 is 1. The maximum atomic E-state index is 13.6. The first kappa shape index (κ1) is 17.2. The molecule has 0 unspecified atom stereocenters. The lowest BCUT2D eigenvalue weighted by molar-refractivity contribution is 0.402. The zero-order chi connectivity index (χ0) is 18.4. The van der Waals surface area contributed by atoms with E-state index in [2.05, 4.69) is 9.97 Å². The molecule has 0 aliphatic carbocycles. The zero-order valence-corrected chi connectivity index (χ0v) is 14.7. The fourth-order valence-corrected chi connectivity index (χ4v) is 3.68. The highest BCUT2D eigenvalue weighted by molar-refractivity contribution is 7.92. The van der Waals surface area contributed by atoms with Gasteiger partial charge in [0.15, 0.2) is 9.84 Å². The Morgan fingerprint density at radius 3 is 2.60 bits per heavy atom. The number of nitrogen functional groups attached to an aromatic ring is 1. The Balaban J connectivity index is 2.31. The number of imidazole rings is 1. The summed E-state index contributed by atoms with van der Waals surface area (Å²) in [5, 5.41) is -0.625.